The van der Waals surface area contributed by atoms with Gasteiger partial charge in [-0.05, 0) is 31.6 Å². The number of amides is 3. The summed E-state index contributed by atoms with van der Waals surface area (Å²) in [5.74, 6) is -5.96. The number of guanidine groups is 2. The number of aliphatic carboxylic acids is 2. The predicted molar refractivity (Wildman–Crippen MR) is 143 cm³/mol. The number of aliphatic imine (C=N–C) groups is 2. The second-order valence-electron chi connectivity index (χ2n) is 8.93. The fraction of sp³-hybridized carbons (Fsp3) is 0.682. The standard InChI is InChI=1S/C22H42N10O7/c1-3-11(2)16(32-17(35)12(23)6-4-8-28-21(24)25)19(37)31-14(10-15(33)34)18(36)30-13(20(38)39)7-5-9-29-22(26)27/h11-14,16H,3-10,23H2,1-2H3,(H,30,36)(H,31,37)(H,32,35)(H,33,34)(H,38,39)(H4,24,25,28)(H4,26,27,29). The van der Waals surface area contributed by atoms with E-state index in [9.17, 15) is 34.2 Å². The van der Waals surface area contributed by atoms with E-state index in [1.807, 2.05) is 0 Å². The van der Waals surface area contributed by atoms with Crippen molar-refractivity contribution in [3.63, 3.8) is 0 Å². The number of rotatable bonds is 19. The number of carbonyl (C=O) groups excluding carboxylic acids is 3. The normalized spacial score (nSPS) is 14.4. The maximum Gasteiger partial charge on any atom is 0.326 e. The summed E-state index contributed by atoms with van der Waals surface area (Å²) in [7, 11) is 0. The average Bonchev–Trinajstić information content (AvgIpc) is 2.84. The Labute approximate surface area is 226 Å². The van der Waals surface area contributed by atoms with Crippen molar-refractivity contribution < 1.29 is 34.2 Å². The summed E-state index contributed by atoms with van der Waals surface area (Å²) in [6.45, 7) is 3.83. The van der Waals surface area contributed by atoms with Crippen LogP contribution in [0.4, 0.5) is 0 Å². The van der Waals surface area contributed by atoms with Crippen LogP contribution < -0.4 is 44.6 Å². The van der Waals surface area contributed by atoms with Crippen molar-refractivity contribution in [2.75, 3.05) is 13.1 Å². The maximum atomic E-state index is 13.1. The minimum absolute atomic E-state index is 0.0573. The molecule has 0 rings (SSSR count). The molecule has 0 fully saturated rings. The van der Waals surface area contributed by atoms with Crippen LogP contribution in [0.15, 0.2) is 9.98 Å². The van der Waals surface area contributed by atoms with E-state index in [0.29, 0.717) is 12.8 Å². The van der Waals surface area contributed by atoms with Gasteiger partial charge in [0, 0.05) is 13.1 Å². The number of hydrogen-bond donors (Lipinski definition) is 10. The van der Waals surface area contributed by atoms with Crippen molar-refractivity contribution in [2.45, 2.75) is 76.5 Å². The number of carboxylic acids is 2. The molecule has 0 bridgehead atoms. The second-order valence-corrected chi connectivity index (χ2v) is 8.93. The Hall–Kier alpha value is -4.15. The molecular formula is C22H42N10O7. The molecule has 5 atom stereocenters. The van der Waals surface area contributed by atoms with Crippen molar-refractivity contribution >= 4 is 41.6 Å². The predicted octanol–water partition coefficient (Wildman–Crippen LogP) is -3.52. The van der Waals surface area contributed by atoms with Crippen LogP contribution in [0.5, 0.6) is 0 Å². The van der Waals surface area contributed by atoms with E-state index in [1.54, 1.807) is 13.8 Å². The van der Waals surface area contributed by atoms with Gasteiger partial charge in [-0.2, -0.15) is 0 Å². The summed E-state index contributed by atoms with van der Waals surface area (Å²) in [5, 5.41) is 25.8. The molecule has 0 saturated heterocycles. The van der Waals surface area contributed by atoms with Gasteiger partial charge in [0.25, 0.3) is 0 Å². The number of nitrogens with one attached hydrogen (secondary N) is 3. The highest BCUT2D eigenvalue weighted by Crippen LogP contribution is 2.10. The number of carboxylic acid groups (broad SMARTS) is 2. The van der Waals surface area contributed by atoms with E-state index < -0.39 is 66.2 Å². The molecule has 0 aliphatic rings. The van der Waals surface area contributed by atoms with E-state index in [1.165, 1.54) is 0 Å². The minimum atomic E-state index is -1.62. The molecule has 0 saturated carbocycles. The van der Waals surface area contributed by atoms with Gasteiger partial charge in [0.05, 0.1) is 12.5 Å². The fourth-order valence-corrected chi connectivity index (χ4v) is 3.29. The zero-order valence-electron chi connectivity index (χ0n) is 22.3. The van der Waals surface area contributed by atoms with Gasteiger partial charge in [0.1, 0.15) is 18.1 Å². The summed E-state index contributed by atoms with van der Waals surface area (Å²) in [6, 6.07) is -5.13. The molecule has 0 aromatic rings. The minimum Gasteiger partial charge on any atom is -0.481 e. The van der Waals surface area contributed by atoms with Gasteiger partial charge in [0.2, 0.25) is 17.7 Å². The monoisotopic (exact) mass is 558 g/mol. The Morgan fingerprint density at radius 1 is 0.769 bits per heavy atom. The number of nitrogens with two attached hydrogens (primary N) is 5. The van der Waals surface area contributed by atoms with Crippen LogP contribution in [-0.2, 0) is 24.0 Å². The third kappa shape index (κ3) is 15.0. The smallest absolute Gasteiger partial charge is 0.326 e. The molecular weight excluding hydrogens is 516 g/mol. The zero-order valence-corrected chi connectivity index (χ0v) is 22.3. The van der Waals surface area contributed by atoms with Crippen molar-refractivity contribution in [1.29, 1.82) is 0 Å². The molecule has 0 aliphatic carbocycles. The van der Waals surface area contributed by atoms with E-state index >= 15 is 0 Å². The van der Waals surface area contributed by atoms with E-state index in [4.69, 9.17) is 28.7 Å². The first-order valence-corrected chi connectivity index (χ1v) is 12.4. The van der Waals surface area contributed by atoms with E-state index in [0.717, 1.165) is 0 Å². The van der Waals surface area contributed by atoms with Crippen LogP contribution in [-0.4, -0.2) is 89.0 Å². The quantitative estimate of drug-likeness (QED) is 0.0419. The summed E-state index contributed by atoms with van der Waals surface area (Å²) in [5.41, 5.74) is 26.9. The molecule has 39 heavy (non-hydrogen) atoms. The van der Waals surface area contributed by atoms with Crippen LogP contribution in [0.1, 0.15) is 52.4 Å². The average molecular weight is 559 g/mol. The Kier molecular flexibility index (Phi) is 16.2. The molecule has 0 radical (unpaired) electrons. The zero-order chi connectivity index (χ0) is 30.1. The molecule has 17 heteroatoms. The Bertz CT molecular complexity index is 904. The lowest BCUT2D eigenvalue weighted by atomic mass is 9.97. The van der Waals surface area contributed by atoms with Crippen LogP contribution in [0.3, 0.4) is 0 Å². The van der Waals surface area contributed by atoms with Crippen LogP contribution in [0, 0.1) is 5.92 Å². The van der Waals surface area contributed by atoms with Gasteiger partial charge in [-0.25, -0.2) is 4.79 Å². The molecule has 3 amide bonds. The molecule has 222 valence electrons. The van der Waals surface area contributed by atoms with Gasteiger partial charge in [-0.15, -0.1) is 0 Å². The third-order valence-electron chi connectivity index (χ3n) is 5.67. The summed E-state index contributed by atoms with van der Waals surface area (Å²) < 4.78 is 0. The van der Waals surface area contributed by atoms with Crippen molar-refractivity contribution in [3.05, 3.63) is 0 Å². The van der Waals surface area contributed by atoms with Crippen molar-refractivity contribution in [1.82, 2.24) is 16.0 Å². The Morgan fingerprint density at radius 3 is 1.74 bits per heavy atom. The molecule has 15 N–H and O–H groups in total. The lowest BCUT2D eigenvalue weighted by Gasteiger charge is -2.27. The molecule has 17 nitrogen and oxygen atoms in total. The SMILES string of the molecule is CCC(C)C(NC(=O)C(N)CCCN=C(N)N)C(=O)NC(CC(=O)O)C(=O)NC(CCCN=C(N)N)C(=O)O. The summed E-state index contributed by atoms with van der Waals surface area (Å²) in [4.78, 5) is 69.0. The number of hydrogen-bond acceptors (Lipinski definition) is 8. The van der Waals surface area contributed by atoms with E-state index in [-0.39, 0.29) is 44.3 Å². The molecule has 5 unspecified atom stereocenters. The molecule has 0 aromatic carbocycles. The summed E-state index contributed by atoms with van der Waals surface area (Å²) in [6.07, 6.45) is 0.400. The highest BCUT2D eigenvalue weighted by molar-refractivity contribution is 5.95. The first-order chi connectivity index (χ1) is 18.2. The largest absolute Gasteiger partial charge is 0.481 e. The molecule has 0 aliphatic heterocycles. The molecule has 0 spiro atoms. The first-order valence-electron chi connectivity index (χ1n) is 12.4. The highest BCUT2D eigenvalue weighted by Gasteiger charge is 2.33. The number of carbonyl (C=O) groups is 5. The Balaban J connectivity index is 5.46. The summed E-state index contributed by atoms with van der Waals surface area (Å²) >= 11 is 0. The van der Waals surface area contributed by atoms with Crippen LogP contribution in [0.2, 0.25) is 0 Å². The van der Waals surface area contributed by atoms with Gasteiger partial charge < -0.3 is 54.8 Å². The third-order valence-corrected chi connectivity index (χ3v) is 5.67. The van der Waals surface area contributed by atoms with Gasteiger partial charge in [0.15, 0.2) is 11.9 Å². The topological polar surface area (TPSA) is 317 Å². The lowest BCUT2D eigenvalue weighted by Crippen LogP contribution is -2.59. The van der Waals surface area contributed by atoms with Gasteiger partial charge in [-0.3, -0.25) is 29.2 Å². The molecule has 0 heterocycles. The lowest BCUT2D eigenvalue weighted by molar-refractivity contribution is -0.144. The first kappa shape index (κ1) is 34.9. The maximum absolute atomic E-state index is 13.1. The van der Waals surface area contributed by atoms with E-state index in [2.05, 4.69) is 25.9 Å². The second kappa shape index (κ2) is 18.2. The van der Waals surface area contributed by atoms with Gasteiger partial charge >= 0.3 is 11.9 Å². The van der Waals surface area contributed by atoms with Crippen molar-refractivity contribution in [3.8, 4) is 0 Å². The van der Waals surface area contributed by atoms with Crippen molar-refractivity contribution in [2.24, 2.45) is 44.6 Å². The highest BCUT2D eigenvalue weighted by atomic mass is 16.4. The molecule has 0 aromatic heterocycles. The van der Waals surface area contributed by atoms with Gasteiger partial charge in [-0.1, -0.05) is 20.3 Å². The fourth-order valence-electron chi connectivity index (χ4n) is 3.29. The Morgan fingerprint density at radius 2 is 1.28 bits per heavy atom. The number of nitrogens with zero attached hydrogens (tertiary/aromatic N) is 2. The van der Waals surface area contributed by atoms with Crippen LogP contribution in [0.25, 0.3) is 0 Å². The van der Waals surface area contributed by atoms with Crippen LogP contribution >= 0.6 is 0 Å².